The summed E-state index contributed by atoms with van der Waals surface area (Å²) in [5.74, 6) is 0. The summed E-state index contributed by atoms with van der Waals surface area (Å²) in [6.45, 7) is 3.80. The molecule has 1 atom stereocenters. The number of ether oxygens (including phenoxy) is 1. The van der Waals surface area contributed by atoms with Crippen LogP contribution in [0.15, 0.2) is 12.4 Å². The zero-order chi connectivity index (χ0) is 8.39. The molecule has 66 valence electrons. The number of rotatable bonds is 3. The van der Waals surface area contributed by atoms with Crippen LogP contribution in [0.4, 0.5) is 0 Å². The van der Waals surface area contributed by atoms with Gasteiger partial charge in [-0.2, -0.15) is 5.10 Å². The first-order chi connectivity index (χ1) is 5.86. The van der Waals surface area contributed by atoms with Crippen molar-refractivity contribution in [2.24, 2.45) is 0 Å². The number of aromatic nitrogens is 2. The van der Waals surface area contributed by atoms with E-state index in [4.69, 9.17) is 4.74 Å². The topological polar surface area (TPSA) is 49.9 Å². The van der Waals surface area contributed by atoms with Gasteiger partial charge >= 0.3 is 0 Å². The Hall–Kier alpha value is -0.870. The highest BCUT2D eigenvalue weighted by atomic mass is 16.5. The lowest BCUT2D eigenvalue weighted by atomic mass is 10.1. The number of nitrogens with zero attached hydrogens (tertiary/aromatic N) is 1. The molecule has 4 nitrogen and oxygen atoms in total. The third-order valence-electron chi connectivity index (χ3n) is 2.14. The largest absolute Gasteiger partial charge is 0.378 e. The quantitative estimate of drug-likeness (QED) is 0.687. The van der Waals surface area contributed by atoms with Crippen LogP contribution in [-0.4, -0.2) is 29.5 Å². The molecule has 0 radical (unpaired) electrons. The zero-order valence-corrected chi connectivity index (χ0v) is 7.08. The van der Waals surface area contributed by atoms with E-state index in [9.17, 15) is 0 Å². The van der Waals surface area contributed by atoms with Gasteiger partial charge in [-0.3, -0.25) is 5.10 Å². The predicted molar refractivity (Wildman–Crippen MR) is 44.7 cm³/mol. The lowest BCUT2D eigenvalue weighted by Crippen LogP contribution is -2.46. The standard InChI is InChI=1S/C8H13N3O/c1-6(7-2-9-10-3-7)11-8-4-12-5-8/h2-3,6,8,11H,4-5H2,1H3,(H,9,10). The summed E-state index contributed by atoms with van der Waals surface area (Å²) in [6.07, 6.45) is 3.76. The predicted octanol–water partition coefficient (Wildman–Crippen LogP) is 0.459. The molecule has 1 saturated heterocycles. The van der Waals surface area contributed by atoms with Crippen molar-refractivity contribution in [2.45, 2.75) is 19.0 Å². The maximum atomic E-state index is 5.07. The Morgan fingerprint density at radius 1 is 1.75 bits per heavy atom. The molecule has 1 unspecified atom stereocenters. The molecule has 4 heteroatoms. The molecule has 1 aliphatic heterocycles. The second-order valence-corrected chi connectivity index (χ2v) is 3.15. The lowest BCUT2D eigenvalue weighted by Gasteiger charge is -2.29. The van der Waals surface area contributed by atoms with E-state index >= 15 is 0 Å². The maximum absolute atomic E-state index is 5.07. The molecule has 2 N–H and O–H groups in total. The number of H-pyrrole nitrogens is 1. The second-order valence-electron chi connectivity index (χ2n) is 3.15. The SMILES string of the molecule is CC(NC1COC1)c1cn[nH]c1. The van der Waals surface area contributed by atoms with Crippen molar-refractivity contribution in [3.63, 3.8) is 0 Å². The van der Waals surface area contributed by atoms with Crippen LogP contribution in [0.25, 0.3) is 0 Å². The third kappa shape index (κ3) is 1.49. The van der Waals surface area contributed by atoms with Gasteiger partial charge in [0.2, 0.25) is 0 Å². The fourth-order valence-electron chi connectivity index (χ4n) is 1.28. The van der Waals surface area contributed by atoms with Crippen LogP contribution < -0.4 is 5.32 Å². The average molecular weight is 167 g/mol. The summed E-state index contributed by atoms with van der Waals surface area (Å²) in [5.41, 5.74) is 1.20. The van der Waals surface area contributed by atoms with Gasteiger partial charge in [0.1, 0.15) is 0 Å². The third-order valence-corrected chi connectivity index (χ3v) is 2.14. The normalized spacial score (nSPS) is 20.4. The molecule has 0 bridgehead atoms. The van der Waals surface area contributed by atoms with Gasteiger partial charge in [-0.25, -0.2) is 0 Å². The van der Waals surface area contributed by atoms with Crippen molar-refractivity contribution in [1.29, 1.82) is 0 Å². The van der Waals surface area contributed by atoms with Gasteiger partial charge in [-0.05, 0) is 6.92 Å². The van der Waals surface area contributed by atoms with E-state index < -0.39 is 0 Å². The van der Waals surface area contributed by atoms with E-state index in [0.29, 0.717) is 12.1 Å². The Labute approximate surface area is 71.3 Å². The van der Waals surface area contributed by atoms with Gasteiger partial charge in [0, 0.05) is 17.8 Å². The van der Waals surface area contributed by atoms with Crippen LogP contribution >= 0.6 is 0 Å². The van der Waals surface area contributed by atoms with Crippen molar-refractivity contribution >= 4 is 0 Å². The second kappa shape index (κ2) is 3.25. The lowest BCUT2D eigenvalue weighted by molar-refractivity contribution is -0.00925. The smallest absolute Gasteiger partial charge is 0.0643 e. The Kier molecular flexibility index (Phi) is 2.10. The maximum Gasteiger partial charge on any atom is 0.0643 e. The highest BCUT2D eigenvalue weighted by Crippen LogP contribution is 2.12. The molecule has 0 aromatic carbocycles. The van der Waals surface area contributed by atoms with Crippen LogP contribution in [0.5, 0.6) is 0 Å². The Morgan fingerprint density at radius 3 is 3.08 bits per heavy atom. The van der Waals surface area contributed by atoms with Crippen molar-refractivity contribution in [1.82, 2.24) is 15.5 Å². The molecule has 1 aromatic rings. The molecule has 2 rings (SSSR count). The van der Waals surface area contributed by atoms with E-state index in [1.54, 1.807) is 0 Å². The van der Waals surface area contributed by atoms with Crippen LogP contribution in [0.1, 0.15) is 18.5 Å². The van der Waals surface area contributed by atoms with Gasteiger partial charge in [-0.15, -0.1) is 0 Å². The van der Waals surface area contributed by atoms with E-state index in [1.165, 1.54) is 5.56 Å². The minimum Gasteiger partial charge on any atom is -0.378 e. The van der Waals surface area contributed by atoms with Gasteiger partial charge in [0.25, 0.3) is 0 Å². The molecule has 0 aliphatic carbocycles. The minimum atomic E-state index is 0.359. The summed E-state index contributed by atoms with van der Waals surface area (Å²) in [5, 5.41) is 10.1. The molecule has 1 aromatic heterocycles. The van der Waals surface area contributed by atoms with Crippen molar-refractivity contribution in [3.05, 3.63) is 18.0 Å². The summed E-state index contributed by atoms with van der Waals surface area (Å²) in [6, 6.07) is 0.882. The fraction of sp³-hybridized carbons (Fsp3) is 0.625. The summed E-state index contributed by atoms with van der Waals surface area (Å²) in [4.78, 5) is 0. The molecular formula is C8H13N3O. The first kappa shape index (κ1) is 7.76. The summed E-state index contributed by atoms with van der Waals surface area (Å²) < 4.78 is 5.07. The average Bonchev–Trinajstić information content (AvgIpc) is 2.47. The van der Waals surface area contributed by atoms with E-state index in [2.05, 4.69) is 22.4 Å². The van der Waals surface area contributed by atoms with Crippen molar-refractivity contribution in [3.8, 4) is 0 Å². The van der Waals surface area contributed by atoms with Crippen LogP contribution in [0.3, 0.4) is 0 Å². The number of nitrogens with one attached hydrogen (secondary N) is 2. The first-order valence-electron chi connectivity index (χ1n) is 4.19. The molecule has 0 amide bonds. The number of hydrogen-bond donors (Lipinski definition) is 2. The van der Waals surface area contributed by atoms with Crippen molar-refractivity contribution in [2.75, 3.05) is 13.2 Å². The highest BCUT2D eigenvalue weighted by Gasteiger charge is 2.20. The molecule has 0 saturated carbocycles. The fourth-order valence-corrected chi connectivity index (χ4v) is 1.28. The zero-order valence-electron chi connectivity index (χ0n) is 7.08. The first-order valence-corrected chi connectivity index (χ1v) is 4.19. The molecular weight excluding hydrogens is 154 g/mol. The Balaban J connectivity index is 1.87. The molecule has 1 aliphatic rings. The van der Waals surface area contributed by atoms with E-state index in [0.717, 1.165) is 13.2 Å². The summed E-state index contributed by atoms with van der Waals surface area (Å²) >= 11 is 0. The van der Waals surface area contributed by atoms with Crippen LogP contribution in [-0.2, 0) is 4.74 Å². The van der Waals surface area contributed by atoms with Gasteiger partial charge < -0.3 is 10.1 Å². The molecule has 0 spiro atoms. The molecule has 2 heterocycles. The van der Waals surface area contributed by atoms with Gasteiger partial charge in [0.05, 0.1) is 25.5 Å². The monoisotopic (exact) mass is 167 g/mol. The highest BCUT2D eigenvalue weighted by molar-refractivity contribution is 5.08. The van der Waals surface area contributed by atoms with E-state index in [-0.39, 0.29) is 0 Å². The van der Waals surface area contributed by atoms with Crippen LogP contribution in [0.2, 0.25) is 0 Å². The van der Waals surface area contributed by atoms with Gasteiger partial charge in [-0.1, -0.05) is 0 Å². The number of aromatic amines is 1. The van der Waals surface area contributed by atoms with Gasteiger partial charge in [0.15, 0.2) is 0 Å². The Morgan fingerprint density at radius 2 is 2.58 bits per heavy atom. The van der Waals surface area contributed by atoms with Crippen LogP contribution in [0, 0.1) is 0 Å². The Bertz CT molecular complexity index is 230. The molecule has 1 fully saturated rings. The van der Waals surface area contributed by atoms with Crippen molar-refractivity contribution < 1.29 is 4.74 Å². The number of hydrogen-bond acceptors (Lipinski definition) is 3. The van der Waals surface area contributed by atoms with E-state index in [1.807, 2.05) is 12.4 Å². The minimum absolute atomic E-state index is 0.359. The molecule has 12 heavy (non-hydrogen) atoms. The summed E-state index contributed by atoms with van der Waals surface area (Å²) in [7, 11) is 0.